The topological polar surface area (TPSA) is 143 Å². The fraction of sp³-hybridized carbons (Fsp3) is 0.545. The first kappa shape index (κ1) is 37.5. The highest BCUT2D eigenvalue weighted by atomic mass is 16.6. The van der Waals surface area contributed by atoms with Crippen LogP contribution in [0.15, 0.2) is 60.7 Å². The first-order chi connectivity index (χ1) is 22.1. The van der Waals surface area contributed by atoms with Gasteiger partial charge in [-0.1, -0.05) is 67.6 Å². The summed E-state index contributed by atoms with van der Waals surface area (Å²) < 4.78 is 32.3. The zero-order chi connectivity index (χ0) is 32.2. The van der Waals surface area contributed by atoms with E-state index in [0.717, 1.165) is 24.2 Å². The zero-order valence-electron chi connectivity index (χ0n) is 26.3. The number of nitrogens with one attached hydrogen (secondary N) is 3. The van der Waals surface area contributed by atoms with Crippen LogP contribution < -0.4 is 16.0 Å². The van der Waals surface area contributed by atoms with E-state index in [1.807, 2.05) is 60.7 Å². The Morgan fingerprint density at radius 2 is 1.11 bits per heavy atom. The molecule has 45 heavy (non-hydrogen) atoms. The second kappa shape index (κ2) is 25.6. The molecule has 0 aliphatic heterocycles. The zero-order valence-corrected chi connectivity index (χ0v) is 26.3. The van der Waals surface area contributed by atoms with E-state index in [2.05, 4.69) is 22.9 Å². The molecule has 0 fully saturated rings. The highest BCUT2D eigenvalue weighted by Crippen LogP contribution is 2.05. The van der Waals surface area contributed by atoms with Crippen molar-refractivity contribution in [2.75, 3.05) is 65.9 Å². The van der Waals surface area contributed by atoms with Gasteiger partial charge in [0.1, 0.15) is 19.3 Å². The molecular weight excluding hydrogens is 582 g/mol. The van der Waals surface area contributed by atoms with Gasteiger partial charge < -0.3 is 44.4 Å². The van der Waals surface area contributed by atoms with Gasteiger partial charge in [-0.3, -0.25) is 4.79 Å². The molecule has 0 aromatic heterocycles. The predicted octanol–water partition coefficient (Wildman–Crippen LogP) is 3.97. The summed E-state index contributed by atoms with van der Waals surface area (Å²) in [7, 11) is 0. The lowest BCUT2D eigenvalue weighted by molar-refractivity contribution is -0.123. The molecule has 0 aliphatic carbocycles. The molecule has 0 saturated carbocycles. The van der Waals surface area contributed by atoms with E-state index in [4.69, 9.17) is 28.4 Å². The molecule has 0 aliphatic rings. The third-order valence-electron chi connectivity index (χ3n) is 6.23. The van der Waals surface area contributed by atoms with E-state index in [1.54, 1.807) is 0 Å². The third-order valence-corrected chi connectivity index (χ3v) is 6.23. The van der Waals surface area contributed by atoms with E-state index in [1.165, 1.54) is 0 Å². The molecule has 0 spiro atoms. The number of alkyl carbamates (subject to hydrolysis) is 2. The summed E-state index contributed by atoms with van der Waals surface area (Å²) in [5, 5.41) is 8.16. The van der Waals surface area contributed by atoms with Gasteiger partial charge in [-0.15, -0.1) is 0 Å². The van der Waals surface area contributed by atoms with Crippen molar-refractivity contribution in [3.05, 3.63) is 71.8 Å². The Balaban J connectivity index is 1.62. The molecule has 0 saturated heterocycles. The molecule has 2 rings (SSSR count). The summed E-state index contributed by atoms with van der Waals surface area (Å²) >= 11 is 0. The summed E-state index contributed by atoms with van der Waals surface area (Å²) in [5.74, 6) is -0.346. The Hall–Kier alpha value is -3.71. The summed E-state index contributed by atoms with van der Waals surface area (Å²) in [6.07, 6.45) is 1.30. The van der Waals surface area contributed by atoms with Crippen LogP contribution in [0.25, 0.3) is 0 Å². The molecule has 0 bridgehead atoms. The van der Waals surface area contributed by atoms with Crippen LogP contribution in [0.1, 0.15) is 43.7 Å². The molecular formula is C33H49N3O9. The fourth-order valence-electron chi connectivity index (χ4n) is 3.89. The SMILES string of the molecule is CCCOCCOCCOCCOCCNC(=O)[C@H](CCCCNC(=O)OCc1ccccc1)NC(=O)OCc1ccccc1. The van der Waals surface area contributed by atoms with Gasteiger partial charge in [-0.25, -0.2) is 9.59 Å². The molecule has 2 aromatic rings. The Kier molecular flexibility index (Phi) is 21.3. The minimum absolute atomic E-state index is 0.0887. The first-order valence-corrected chi connectivity index (χ1v) is 15.6. The number of unbranched alkanes of at least 4 members (excludes halogenated alkanes) is 1. The van der Waals surface area contributed by atoms with Gasteiger partial charge in [0.15, 0.2) is 0 Å². The van der Waals surface area contributed by atoms with Crippen LogP contribution in [0.3, 0.4) is 0 Å². The van der Waals surface area contributed by atoms with Crippen molar-refractivity contribution in [1.29, 1.82) is 0 Å². The molecule has 0 unspecified atom stereocenters. The standard InChI is InChI=1S/C33H49N3O9/c1-2-18-40-20-22-42-24-25-43-23-21-41-19-17-34-31(37)30(36-33(39)45-27-29-13-7-4-8-14-29)15-9-10-16-35-32(38)44-26-28-11-5-3-6-12-28/h3-8,11-14,30H,2,9-10,15-27H2,1H3,(H,34,37)(H,35,38)(H,36,39)/t30-/m0/s1. The number of carbonyl (C=O) groups excluding carboxylic acids is 3. The first-order valence-electron chi connectivity index (χ1n) is 15.6. The molecule has 12 nitrogen and oxygen atoms in total. The van der Waals surface area contributed by atoms with Gasteiger partial charge in [0.2, 0.25) is 5.91 Å². The van der Waals surface area contributed by atoms with Crippen LogP contribution in [0, 0.1) is 0 Å². The van der Waals surface area contributed by atoms with E-state index in [0.29, 0.717) is 72.1 Å². The van der Waals surface area contributed by atoms with Crippen LogP contribution >= 0.6 is 0 Å². The average molecular weight is 632 g/mol. The fourth-order valence-corrected chi connectivity index (χ4v) is 3.89. The second-order valence-corrected chi connectivity index (χ2v) is 9.98. The second-order valence-electron chi connectivity index (χ2n) is 9.98. The maximum Gasteiger partial charge on any atom is 0.408 e. The number of hydrogen-bond acceptors (Lipinski definition) is 9. The smallest absolute Gasteiger partial charge is 0.408 e. The van der Waals surface area contributed by atoms with Crippen LogP contribution in [-0.2, 0) is 46.4 Å². The Bertz CT molecular complexity index is 1040. The molecule has 0 heterocycles. The molecule has 1 atom stereocenters. The lowest BCUT2D eigenvalue weighted by atomic mass is 10.1. The maximum atomic E-state index is 12.9. The number of rotatable bonds is 25. The molecule has 2 aromatic carbocycles. The van der Waals surface area contributed by atoms with Crippen molar-refractivity contribution in [2.45, 2.75) is 51.9 Å². The maximum absolute atomic E-state index is 12.9. The Morgan fingerprint density at radius 3 is 1.67 bits per heavy atom. The number of ether oxygens (including phenoxy) is 6. The van der Waals surface area contributed by atoms with Crippen molar-refractivity contribution < 1.29 is 42.8 Å². The van der Waals surface area contributed by atoms with Gasteiger partial charge in [0.25, 0.3) is 0 Å². The normalized spacial score (nSPS) is 11.4. The average Bonchev–Trinajstić information content (AvgIpc) is 3.06. The largest absolute Gasteiger partial charge is 0.445 e. The number of amides is 3. The number of carbonyl (C=O) groups is 3. The summed E-state index contributed by atoms with van der Waals surface area (Å²) in [6, 6.07) is 17.9. The van der Waals surface area contributed by atoms with Crippen molar-refractivity contribution in [2.24, 2.45) is 0 Å². The van der Waals surface area contributed by atoms with Crippen molar-refractivity contribution in [1.82, 2.24) is 16.0 Å². The van der Waals surface area contributed by atoms with Gasteiger partial charge in [0, 0.05) is 19.7 Å². The van der Waals surface area contributed by atoms with E-state index in [9.17, 15) is 14.4 Å². The van der Waals surface area contributed by atoms with E-state index < -0.39 is 18.2 Å². The lowest BCUT2D eigenvalue weighted by Gasteiger charge is -2.18. The summed E-state index contributed by atoms with van der Waals surface area (Å²) in [4.78, 5) is 37.3. The quantitative estimate of drug-likeness (QED) is 0.139. The Morgan fingerprint density at radius 1 is 0.600 bits per heavy atom. The van der Waals surface area contributed by atoms with Crippen LogP contribution in [-0.4, -0.2) is 90.1 Å². The van der Waals surface area contributed by atoms with Crippen molar-refractivity contribution in [3.63, 3.8) is 0 Å². The van der Waals surface area contributed by atoms with Gasteiger partial charge >= 0.3 is 12.2 Å². The van der Waals surface area contributed by atoms with Crippen LogP contribution in [0.2, 0.25) is 0 Å². The Labute approximate surface area is 266 Å². The van der Waals surface area contributed by atoms with Gasteiger partial charge in [-0.2, -0.15) is 0 Å². The summed E-state index contributed by atoms with van der Waals surface area (Å²) in [5.41, 5.74) is 1.74. The monoisotopic (exact) mass is 631 g/mol. The minimum atomic E-state index is -0.811. The molecule has 12 heteroatoms. The highest BCUT2D eigenvalue weighted by molar-refractivity contribution is 5.85. The van der Waals surface area contributed by atoms with Crippen molar-refractivity contribution in [3.8, 4) is 0 Å². The molecule has 250 valence electrons. The lowest BCUT2D eigenvalue weighted by Crippen LogP contribution is -2.47. The molecule has 3 amide bonds. The number of hydrogen-bond donors (Lipinski definition) is 3. The van der Waals surface area contributed by atoms with Gasteiger partial charge in [-0.05, 0) is 36.8 Å². The van der Waals surface area contributed by atoms with Crippen LogP contribution in [0.4, 0.5) is 9.59 Å². The third kappa shape index (κ3) is 20.0. The van der Waals surface area contributed by atoms with E-state index in [-0.39, 0.29) is 25.7 Å². The van der Waals surface area contributed by atoms with Crippen molar-refractivity contribution >= 4 is 18.1 Å². The number of benzene rings is 2. The minimum Gasteiger partial charge on any atom is -0.445 e. The van der Waals surface area contributed by atoms with E-state index >= 15 is 0 Å². The summed E-state index contributed by atoms with van der Waals surface area (Å²) in [6.45, 7) is 6.87. The highest BCUT2D eigenvalue weighted by Gasteiger charge is 2.21. The van der Waals surface area contributed by atoms with Gasteiger partial charge in [0.05, 0.1) is 46.2 Å². The molecule has 0 radical (unpaired) electrons. The predicted molar refractivity (Wildman–Crippen MR) is 169 cm³/mol. The molecule has 3 N–H and O–H groups in total. The van der Waals surface area contributed by atoms with Crippen LogP contribution in [0.5, 0.6) is 0 Å².